The van der Waals surface area contributed by atoms with Gasteiger partial charge in [0.25, 0.3) is 0 Å². The highest BCUT2D eigenvalue weighted by Gasteiger charge is 2.25. The molecule has 3 rings (SSSR count). The third-order valence-corrected chi connectivity index (χ3v) is 4.88. The quantitative estimate of drug-likeness (QED) is 0.528. The van der Waals surface area contributed by atoms with Gasteiger partial charge in [0.1, 0.15) is 0 Å². The van der Waals surface area contributed by atoms with Crippen molar-refractivity contribution in [3.8, 4) is 0 Å². The summed E-state index contributed by atoms with van der Waals surface area (Å²) >= 11 is 12.2. The highest BCUT2D eigenvalue weighted by molar-refractivity contribution is 6.42. The highest BCUT2D eigenvalue weighted by atomic mass is 35.5. The Hall–Kier alpha value is -0.980. The van der Waals surface area contributed by atoms with Gasteiger partial charge in [0.15, 0.2) is 0 Å². The zero-order valence-corrected chi connectivity index (χ0v) is 14.4. The first-order valence-electron chi connectivity index (χ1n) is 7.70. The topological polar surface area (TPSA) is 0 Å². The molecule has 0 bridgehead atoms. The lowest BCUT2D eigenvalue weighted by Gasteiger charge is -2.30. The molecule has 1 aliphatic rings. The number of hydrogen-bond acceptors (Lipinski definition) is 0. The van der Waals surface area contributed by atoms with Crippen molar-refractivity contribution in [1.29, 1.82) is 0 Å². The normalized spacial score (nSPS) is 20.2. The second-order valence-electron chi connectivity index (χ2n) is 5.33. The molecule has 0 amide bonds. The van der Waals surface area contributed by atoms with E-state index in [1.165, 1.54) is 29.5 Å². The Labute approximate surface area is 138 Å². The van der Waals surface area contributed by atoms with Gasteiger partial charge < -0.3 is 0 Å². The third kappa shape index (κ3) is 3.44. The van der Waals surface area contributed by atoms with E-state index in [0.29, 0.717) is 21.9 Å². The molecule has 112 valence electrons. The third-order valence-electron chi connectivity index (χ3n) is 4.14. The van der Waals surface area contributed by atoms with Crippen molar-refractivity contribution in [2.24, 2.45) is 0 Å². The molecule has 2 atom stereocenters. The van der Waals surface area contributed by atoms with Gasteiger partial charge in [0, 0.05) is 5.92 Å². The summed E-state index contributed by atoms with van der Waals surface area (Å²) in [5, 5.41) is 1.28. The summed E-state index contributed by atoms with van der Waals surface area (Å²) in [6.07, 6.45) is 2.40. The molecule has 2 aromatic rings. The number of rotatable bonds is 1. The van der Waals surface area contributed by atoms with Crippen LogP contribution in [0.4, 0.5) is 0 Å². The predicted octanol–water partition coefficient (Wildman–Crippen LogP) is 7.05. The van der Waals surface area contributed by atoms with Crippen molar-refractivity contribution < 1.29 is 0 Å². The maximum atomic E-state index is 6.16. The van der Waals surface area contributed by atoms with Crippen LogP contribution in [0.5, 0.6) is 0 Å². The molecular weight excluding hydrogens is 299 g/mol. The molecule has 0 fully saturated rings. The molecule has 0 radical (unpaired) electrons. The van der Waals surface area contributed by atoms with E-state index >= 15 is 0 Å². The number of benzene rings is 2. The maximum absolute atomic E-state index is 6.16. The molecule has 0 aromatic heterocycles. The second kappa shape index (κ2) is 7.33. The van der Waals surface area contributed by atoms with Crippen LogP contribution in [-0.2, 0) is 0 Å². The summed E-state index contributed by atoms with van der Waals surface area (Å²) in [6.45, 7) is 6.31. The molecule has 1 aliphatic carbocycles. The lowest BCUT2D eigenvalue weighted by Crippen LogP contribution is -2.13. The lowest BCUT2D eigenvalue weighted by molar-refractivity contribution is 0.545. The van der Waals surface area contributed by atoms with Gasteiger partial charge in [-0.15, -0.1) is 0 Å². The van der Waals surface area contributed by atoms with E-state index in [9.17, 15) is 0 Å². The zero-order valence-electron chi connectivity index (χ0n) is 12.9. The van der Waals surface area contributed by atoms with Crippen LogP contribution in [0, 0.1) is 0 Å². The average molecular weight is 321 g/mol. The van der Waals surface area contributed by atoms with Crippen LogP contribution in [-0.4, -0.2) is 0 Å². The van der Waals surface area contributed by atoms with Gasteiger partial charge in [-0.1, -0.05) is 74.3 Å². The summed E-state index contributed by atoms with van der Waals surface area (Å²) in [5.74, 6) is 1.09. The predicted molar refractivity (Wildman–Crippen MR) is 93.7 cm³/mol. The first-order chi connectivity index (χ1) is 10.2. The Bertz CT molecular complexity index is 604. The Morgan fingerprint density at radius 2 is 1.52 bits per heavy atom. The smallest absolute Gasteiger partial charge is 0.0595 e. The van der Waals surface area contributed by atoms with Crippen molar-refractivity contribution in [2.45, 2.75) is 45.4 Å². The Kier molecular flexibility index (Phi) is 5.72. The van der Waals surface area contributed by atoms with Gasteiger partial charge in [0.05, 0.1) is 10.0 Å². The molecule has 0 spiro atoms. The summed E-state index contributed by atoms with van der Waals surface area (Å²) < 4.78 is 0. The largest absolute Gasteiger partial charge is 0.0827 e. The van der Waals surface area contributed by atoms with Crippen LogP contribution in [0.3, 0.4) is 0 Å². The van der Waals surface area contributed by atoms with Crippen molar-refractivity contribution in [3.05, 3.63) is 69.2 Å². The van der Waals surface area contributed by atoms with Crippen molar-refractivity contribution in [1.82, 2.24) is 0 Å². The van der Waals surface area contributed by atoms with E-state index < -0.39 is 0 Å². The first-order valence-corrected chi connectivity index (χ1v) is 8.46. The SMILES string of the molecule is CC.CC1CCC(c2ccc(Cl)c(Cl)c2)c2ccccc21. The highest BCUT2D eigenvalue weighted by Crippen LogP contribution is 2.42. The molecule has 2 heteroatoms. The molecule has 0 aliphatic heterocycles. The second-order valence-corrected chi connectivity index (χ2v) is 6.15. The summed E-state index contributed by atoms with van der Waals surface area (Å²) in [6, 6.07) is 14.8. The average Bonchev–Trinajstić information content (AvgIpc) is 2.53. The Morgan fingerprint density at radius 1 is 0.857 bits per heavy atom. The van der Waals surface area contributed by atoms with Crippen LogP contribution in [0.25, 0.3) is 0 Å². The summed E-state index contributed by atoms with van der Waals surface area (Å²) in [7, 11) is 0. The number of fused-ring (bicyclic) bond motifs is 1. The van der Waals surface area contributed by atoms with Crippen molar-refractivity contribution >= 4 is 23.2 Å². The van der Waals surface area contributed by atoms with E-state index in [4.69, 9.17) is 23.2 Å². The molecule has 0 saturated carbocycles. The molecule has 0 nitrogen and oxygen atoms in total. The fourth-order valence-corrected chi connectivity index (χ4v) is 3.39. The van der Waals surface area contributed by atoms with Crippen LogP contribution in [0.2, 0.25) is 10.0 Å². The molecule has 0 N–H and O–H groups in total. The molecule has 21 heavy (non-hydrogen) atoms. The van der Waals surface area contributed by atoms with Gasteiger partial charge in [-0.3, -0.25) is 0 Å². The van der Waals surface area contributed by atoms with Crippen molar-refractivity contribution in [2.75, 3.05) is 0 Å². The van der Waals surface area contributed by atoms with Gasteiger partial charge in [-0.05, 0) is 47.6 Å². The van der Waals surface area contributed by atoms with E-state index in [-0.39, 0.29) is 0 Å². The van der Waals surface area contributed by atoms with E-state index in [0.717, 1.165) is 0 Å². The fraction of sp³-hybridized carbons (Fsp3) is 0.368. The van der Waals surface area contributed by atoms with Gasteiger partial charge >= 0.3 is 0 Å². The Balaban J connectivity index is 0.000000774. The molecule has 0 heterocycles. The minimum Gasteiger partial charge on any atom is -0.0827 e. The molecule has 0 saturated heterocycles. The number of halogens is 2. The van der Waals surface area contributed by atoms with Gasteiger partial charge in [-0.2, -0.15) is 0 Å². The maximum Gasteiger partial charge on any atom is 0.0595 e. The monoisotopic (exact) mass is 320 g/mol. The van der Waals surface area contributed by atoms with Crippen LogP contribution >= 0.6 is 23.2 Å². The standard InChI is InChI=1S/C17H16Cl2.C2H6/c1-11-6-8-14(15-5-3-2-4-13(11)15)12-7-9-16(18)17(19)10-12;1-2/h2-5,7,9-11,14H,6,8H2,1H3;1-2H3. The zero-order chi connectivity index (χ0) is 15.4. The first kappa shape index (κ1) is 16.4. The van der Waals surface area contributed by atoms with Crippen LogP contribution < -0.4 is 0 Å². The van der Waals surface area contributed by atoms with Crippen molar-refractivity contribution in [3.63, 3.8) is 0 Å². The van der Waals surface area contributed by atoms with Gasteiger partial charge in [0.2, 0.25) is 0 Å². The lowest BCUT2D eigenvalue weighted by atomic mass is 9.75. The number of hydrogen-bond donors (Lipinski definition) is 0. The molecule has 2 aromatic carbocycles. The van der Waals surface area contributed by atoms with Crippen LogP contribution in [0.1, 0.15) is 62.1 Å². The fourth-order valence-electron chi connectivity index (χ4n) is 3.08. The van der Waals surface area contributed by atoms with E-state index in [2.05, 4.69) is 37.3 Å². The molecular formula is C19H22Cl2. The summed E-state index contributed by atoms with van der Waals surface area (Å²) in [4.78, 5) is 0. The summed E-state index contributed by atoms with van der Waals surface area (Å²) in [5.41, 5.74) is 4.19. The van der Waals surface area contributed by atoms with Crippen LogP contribution in [0.15, 0.2) is 42.5 Å². The van der Waals surface area contributed by atoms with Gasteiger partial charge in [-0.25, -0.2) is 0 Å². The Morgan fingerprint density at radius 3 is 2.19 bits per heavy atom. The van der Waals surface area contributed by atoms with E-state index in [1.807, 2.05) is 26.0 Å². The minimum atomic E-state index is 0.446. The molecule has 2 unspecified atom stereocenters. The van der Waals surface area contributed by atoms with E-state index in [1.54, 1.807) is 0 Å². The minimum absolute atomic E-state index is 0.446.